The molecule has 0 radical (unpaired) electrons. The number of hydrogen-bond donors (Lipinski definition) is 1. The molecule has 0 aliphatic carbocycles. The molecule has 1 amide bonds. The second kappa shape index (κ2) is 7.34. The molecule has 0 saturated carbocycles. The summed E-state index contributed by atoms with van der Waals surface area (Å²) in [6.45, 7) is 10.1. The largest absolute Gasteiger partial charge is 0.341 e. The Morgan fingerprint density at radius 1 is 1.33 bits per heavy atom. The van der Waals surface area contributed by atoms with Gasteiger partial charge in [-0.25, -0.2) is 0 Å². The van der Waals surface area contributed by atoms with Gasteiger partial charge in [0.2, 0.25) is 5.91 Å². The summed E-state index contributed by atoms with van der Waals surface area (Å²) in [6.07, 6.45) is 4.75. The third-order valence-electron chi connectivity index (χ3n) is 3.94. The minimum absolute atomic E-state index is 0. The number of likely N-dealkylation sites (tertiary alicyclic amines) is 1. The molecule has 18 heavy (non-hydrogen) atoms. The van der Waals surface area contributed by atoms with E-state index in [9.17, 15) is 4.79 Å². The van der Waals surface area contributed by atoms with Crippen LogP contribution < -0.4 is 5.73 Å². The zero-order valence-corrected chi connectivity index (χ0v) is 13.1. The molecule has 1 saturated heterocycles. The average Bonchev–Trinajstić information content (AvgIpc) is 2.50. The Kier molecular flexibility index (Phi) is 7.23. The summed E-state index contributed by atoms with van der Waals surface area (Å²) in [4.78, 5) is 14.3. The molecule has 4 heteroatoms. The van der Waals surface area contributed by atoms with Gasteiger partial charge in [0.1, 0.15) is 0 Å². The van der Waals surface area contributed by atoms with E-state index in [-0.39, 0.29) is 29.8 Å². The van der Waals surface area contributed by atoms with Crippen molar-refractivity contribution in [1.82, 2.24) is 4.90 Å². The van der Waals surface area contributed by atoms with Crippen LogP contribution in [0, 0.1) is 11.3 Å². The van der Waals surface area contributed by atoms with Crippen LogP contribution in [-0.4, -0.2) is 29.9 Å². The van der Waals surface area contributed by atoms with Gasteiger partial charge in [-0.3, -0.25) is 4.79 Å². The van der Waals surface area contributed by atoms with Crippen molar-refractivity contribution >= 4 is 18.3 Å². The lowest BCUT2D eigenvalue weighted by atomic mass is 9.86. The molecule has 3 nitrogen and oxygen atoms in total. The van der Waals surface area contributed by atoms with Gasteiger partial charge in [0.15, 0.2) is 0 Å². The third-order valence-corrected chi connectivity index (χ3v) is 3.94. The first kappa shape index (κ1) is 17.7. The lowest BCUT2D eigenvalue weighted by molar-refractivity contribution is -0.134. The maximum Gasteiger partial charge on any atom is 0.240 e. The Labute approximate surface area is 118 Å². The predicted molar refractivity (Wildman–Crippen MR) is 78.9 cm³/mol. The molecule has 1 unspecified atom stereocenters. The van der Waals surface area contributed by atoms with E-state index in [1.54, 1.807) is 0 Å². The minimum atomic E-state index is -0.374. The fraction of sp³-hybridized carbons (Fsp3) is 0.929. The number of hydrogen-bond acceptors (Lipinski definition) is 2. The molecule has 0 aromatic carbocycles. The van der Waals surface area contributed by atoms with Crippen LogP contribution in [0.4, 0.5) is 0 Å². The summed E-state index contributed by atoms with van der Waals surface area (Å²) in [6, 6.07) is -0.374. The van der Waals surface area contributed by atoms with E-state index < -0.39 is 0 Å². The Bertz CT molecular complexity index is 263. The summed E-state index contributed by atoms with van der Waals surface area (Å²) in [7, 11) is 0. The van der Waals surface area contributed by atoms with Crippen molar-refractivity contribution in [2.45, 2.75) is 59.4 Å². The van der Waals surface area contributed by atoms with Crippen LogP contribution in [0.15, 0.2) is 0 Å². The second-order valence-corrected chi connectivity index (χ2v) is 6.37. The number of carbonyl (C=O) groups excluding carboxylic acids is 1. The van der Waals surface area contributed by atoms with Crippen LogP contribution in [0.3, 0.4) is 0 Å². The molecule has 2 N–H and O–H groups in total. The normalized spacial score (nSPS) is 22.9. The lowest BCUT2D eigenvalue weighted by Crippen LogP contribution is -2.50. The van der Waals surface area contributed by atoms with Crippen LogP contribution in [0.25, 0.3) is 0 Å². The van der Waals surface area contributed by atoms with Gasteiger partial charge < -0.3 is 10.6 Å². The smallest absolute Gasteiger partial charge is 0.240 e. The molecule has 1 fully saturated rings. The van der Waals surface area contributed by atoms with Crippen molar-refractivity contribution in [3.8, 4) is 0 Å². The fourth-order valence-corrected chi connectivity index (χ4v) is 2.36. The van der Waals surface area contributed by atoms with Gasteiger partial charge in [0.25, 0.3) is 0 Å². The van der Waals surface area contributed by atoms with Crippen molar-refractivity contribution < 1.29 is 4.79 Å². The molecule has 1 rings (SSSR count). The number of rotatable bonds is 2. The molecular formula is C14H29ClN2O. The zero-order valence-electron chi connectivity index (χ0n) is 12.2. The Morgan fingerprint density at radius 3 is 2.44 bits per heavy atom. The molecule has 2 atom stereocenters. The number of nitrogens with zero attached hydrogens (tertiary/aromatic N) is 1. The average molecular weight is 277 g/mol. The first-order chi connectivity index (χ1) is 7.86. The van der Waals surface area contributed by atoms with Crippen molar-refractivity contribution in [2.75, 3.05) is 13.1 Å². The maximum atomic E-state index is 12.3. The summed E-state index contributed by atoms with van der Waals surface area (Å²) >= 11 is 0. The summed E-state index contributed by atoms with van der Waals surface area (Å²) in [5.41, 5.74) is 5.91. The number of halogens is 1. The van der Waals surface area contributed by atoms with Gasteiger partial charge >= 0.3 is 0 Å². The summed E-state index contributed by atoms with van der Waals surface area (Å²) in [5, 5.41) is 0. The SMILES string of the molecule is CCC1CCCN(C(=O)[C@@H](N)C(C)(C)C)CC1.Cl. The number of amides is 1. The van der Waals surface area contributed by atoms with E-state index >= 15 is 0 Å². The van der Waals surface area contributed by atoms with Crippen molar-refractivity contribution in [1.29, 1.82) is 0 Å². The molecule has 108 valence electrons. The van der Waals surface area contributed by atoms with Gasteiger partial charge in [0.05, 0.1) is 6.04 Å². The Hall–Kier alpha value is -0.280. The van der Waals surface area contributed by atoms with E-state index in [1.807, 2.05) is 25.7 Å². The first-order valence-corrected chi connectivity index (χ1v) is 6.90. The van der Waals surface area contributed by atoms with E-state index in [0.717, 1.165) is 31.8 Å². The van der Waals surface area contributed by atoms with E-state index in [0.29, 0.717) is 0 Å². The molecule has 0 aromatic rings. The zero-order chi connectivity index (χ0) is 13.1. The highest BCUT2D eigenvalue weighted by Gasteiger charge is 2.31. The number of carbonyl (C=O) groups is 1. The van der Waals surface area contributed by atoms with Gasteiger partial charge in [-0.05, 0) is 30.6 Å². The molecule has 0 aromatic heterocycles. The van der Waals surface area contributed by atoms with Crippen LogP contribution in [0.2, 0.25) is 0 Å². The van der Waals surface area contributed by atoms with E-state index in [2.05, 4.69) is 6.92 Å². The topological polar surface area (TPSA) is 46.3 Å². The van der Waals surface area contributed by atoms with Gasteiger partial charge in [-0.15, -0.1) is 12.4 Å². The monoisotopic (exact) mass is 276 g/mol. The van der Waals surface area contributed by atoms with Crippen molar-refractivity contribution in [3.05, 3.63) is 0 Å². The van der Waals surface area contributed by atoms with Crippen LogP contribution >= 0.6 is 12.4 Å². The van der Waals surface area contributed by atoms with Crippen molar-refractivity contribution in [3.63, 3.8) is 0 Å². The quantitative estimate of drug-likeness (QED) is 0.843. The molecule has 0 spiro atoms. The number of nitrogens with two attached hydrogens (primary N) is 1. The fourth-order valence-electron chi connectivity index (χ4n) is 2.36. The minimum Gasteiger partial charge on any atom is -0.341 e. The molecule has 1 heterocycles. The third kappa shape index (κ3) is 4.77. The highest BCUT2D eigenvalue weighted by molar-refractivity contribution is 5.85. The Balaban J connectivity index is 0.00000289. The van der Waals surface area contributed by atoms with Crippen LogP contribution in [-0.2, 0) is 4.79 Å². The van der Waals surface area contributed by atoms with E-state index in [1.165, 1.54) is 12.8 Å². The highest BCUT2D eigenvalue weighted by atomic mass is 35.5. The maximum absolute atomic E-state index is 12.3. The molecular weight excluding hydrogens is 248 g/mol. The van der Waals surface area contributed by atoms with Gasteiger partial charge in [0, 0.05) is 13.1 Å². The highest BCUT2D eigenvalue weighted by Crippen LogP contribution is 2.23. The lowest BCUT2D eigenvalue weighted by Gasteiger charge is -2.31. The van der Waals surface area contributed by atoms with Crippen LogP contribution in [0.1, 0.15) is 53.4 Å². The van der Waals surface area contributed by atoms with Crippen LogP contribution in [0.5, 0.6) is 0 Å². The predicted octanol–water partition coefficient (Wildman–Crippen LogP) is 2.82. The second-order valence-electron chi connectivity index (χ2n) is 6.37. The summed E-state index contributed by atoms with van der Waals surface area (Å²) < 4.78 is 0. The first-order valence-electron chi connectivity index (χ1n) is 6.90. The van der Waals surface area contributed by atoms with Gasteiger partial charge in [-0.1, -0.05) is 34.1 Å². The van der Waals surface area contributed by atoms with Gasteiger partial charge in [-0.2, -0.15) is 0 Å². The van der Waals surface area contributed by atoms with E-state index in [4.69, 9.17) is 5.73 Å². The summed E-state index contributed by atoms with van der Waals surface area (Å²) in [5.74, 6) is 0.924. The molecule has 1 aliphatic heterocycles. The molecule has 1 aliphatic rings. The molecule has 0 bridgehead atoms. The van der Waals surface area contributed by atoms with Crippen molar-refractivity contribution in [2.24, 2.45) is 17.1 Å². The standard InChI is InChI=1S/C14H28N2O.ClH/c1-5-11-7-6-9-16(10-8-11)13(17)12(15)14(2,3)4;/h11-12H,5-10,15H2,1-4H3;1H/t11?,12-;/m1./s1. The Morgan fingerprint density at radius 2 is 1.94 bits per heavy atom.